The molecule has 72 heavy (non-hydrogen) atoms. The molecule has 399 valence electrons. The van der Waals surface area contributed by atoms with Gasteiger partial charge in [-0.2, -0.15) is 0 Å². The molecule has 1 atom stereocenters. The molecular weight excluding hydrogens is 1030 g/mol. The summed E-state index contributed by atoms with van der Waals surface area (Å²) in [5.74, 6) is -2.02. The van der Waals surface area contributed by atoms with Crippen molar-refractivity contribution in [2.45, 2.75) is 169 Å². The molecule has 2 aromatic heterocycles. The predicted molar refractivity (Wildman–Crippen MR) is 285 cm³/mol. The number of carbonyl (C=O) groups excluding carboxylic acids is 3. The van der Waals surface area contributed by atoms with Gasteiger partial charge < -0.3 is 44.8 Å². The number of amides is 2. The smallest absolute Gasteiger partial charge is 0.336 e. The van der Waals surface area contributed by atoms with Crippen LogP contribution in [-0.2, 0) is 80.4 Å². The summed E-state index contributed by atoms with van der Waals surface area (Å²) in [6.07, 6.45) is 19.6. The quantitative estimate of drug-likeness (QED) is 0.00955. The fraction of sp³-hybridized carbons (Fsp3) is 0.615. The number of phenols is 1. The number of piperidine rings is 1. The third-order valence-corrected chi connectivity index (χ3v) is 15.9. The third kappa shape index (κ3) is 19.6. The van der Waals surface area contributed by atoms with E-state index in [-0.39, 0.29) is 89.0 Å². The number of aromatic hydroxyl groups is 1. The van der Waals surface area contributed by atoms with Crippen molar-refractivity contribution in [1.82, 2.24) is 29.9 Å². The number of fused-ring (bicyclic) bond motifs is 4. The first-order chi connectivity index (χ1) is 34.2. The summed E-state index contributed by atoms with van der Waals surface area (Å²) in [6.45, 7) is 15.1. The van der Waals surface area contributed by atoms with E-state index < -0.39 is 30.7 Å². The Morgan fingerprint density at radius 1 is 0.986 bits per heavy atom. The first-order valence-electron chi connectivity index (χ1n) is 25.6. The number of hydrogen-bond donors (Lipinski definition) is 6. The van der Waals surface area contributed by atoms with Crippen LogP contribution >= 0.6 is 19.1 Å². The Morgan fingerprint density at radius 3 is 2.19 bits per heavy atom. The normalized spacial score (nSPS) is 14.8. The number of phenolic OH excluding ortho intramolecular Hbond substituents is 1. The number of unbranched alkanes of at least 4 members (excludes halogenated alkanes) is 8. The number of carboxylic acids is 1. The molecule has 1 radical (unpaired) electrons. The van der Waals surface area contributed by atoms with Gasteiger partial charge in [0.1, 0.15) is 31.4 Å². The number of nitrogens with zero attached hydrogens (tertiary/aromatic N) is 3. The standard InChI is InChI=1S/C21H20N2O4.C15H26N3O5PS.C14H29N2O.C2H6.Y/c1-4-14-15-8-13(25)5-6-18(15)22-20-16(14)9-23-19(20)7-11(2)17(21(23)26)10-27-12(3)24;1-16-24(17-12-5-3-2-4-6-12)25-23-14(22)15(13(20)21)7-9-18(11-19)10-8-15;1-2-3-4-5-6-7-8-9-10-11-14(17)16-13-12-15;1-2;/h5-8,24-25H,3-4,9-10H2,1-2H3;11-12,16-17H,2-10H2,1H3,(H,20,21);15H,2-13H2,1H3,(H,16,17);1-2H3;/q;;-1;;. The Morgan fingerprint density at radius 2 is 1.62 bits per heavy atom. The number of benzene rings is 1. The number of likely N-dealkylation sites (tertiary alicyclic amines) is 1. The van der Waals surface area contributed by atoms with E-state index in [9.17, 15) is 39.3 Å². The van der Waals surface area contributed by atoms with Gasteiger partial charge in [0, 0.05) is 69.2 Å². The van der Waals surface area contributed by atoms with E-state index in [0.29, 0.717) is 37.5 Å². The maximum atomic E-state index is 13.0. The third-order valence-electron chi connectivity index (χ3n) is 13.0. The second-order valence-corrected chi connectivity index (χ2v) is 21.0. The number of aromatic nitrogens is 2. The van der Waals surface area contributed by atoms with Crippen LogP contribution in [0.3, 0.4) is 0 Å². The van der Waals surface area contributed by atoms with Gasteiger partial charge in [-0.25, -0.2) is 9.78 Å². The van der Waals surface area contributed by atoms with Gasteiger partial charge in [-0.05, 0) is 101 Å². The molecule has 3 aliphatic rings. The average Bonchev–Trinajstić information content (AvgIpc) is 3.74. The summed E-state index contributed by atoms with van der Waals surface area (Å²) < 4.78 is 12.1. The molecular formula is C52H81N7O10PSY-. The number of hydrogen-bond acceptors (Lipinski definition) is 13. The number of ether oxygens (including phenoxy) is 1. The molecule has 0 spiro atoms. The molecule has 1 saturated carbocycles. The number of aliphatic hydroxyl groups is 1. The number of carbonyl (C=O) groups is 4. The van der Waals surface area contributed by atoms with E-state index in [2.05, 4.69) is 35.9 Å². The van der Waals surface area contributed by atoms with Crippen LogP contribution in [0.4, 0.5) is 0 Å². The molecule has 2 fully saturated rings. The van der Waals surface area contributed by atoms with E-state index in [1.54, 1.807) is 29.8 Å². The van der Waals surface area contributed by atoms with Gasteiger partial charge in [-0.15, -0.1) is 6.54 Å². The molecule has 3 aromatic rings. The van der Waals surface area contributed by atoms with Gasteiger partial charge in [0.05, 0.1) is 29.0 Å². The zero-order chi connectivity index (χ0) is 52.3. The molecule has 1 saturated heterocycles. The molecule has 0 bridgehead atoms. The van der Waals surface area contributed by atoms with Crippen LogP contribution in [-0.4, -0.2) is 93.3 Å². The first-order valence-corrected chi connectivity index (χ1v) is 28.3. The van der Waals surface area contributed by atoms with Gasteiger partial charge in [-0.1, -0.05) is 98.3 Å². The predicted octanol–water partition coefficient (Wildman–Crippen LogP) is 10.5. The molecule has 20 heteroatoms. The number of aliphatic hydroxyl groups excluding tert-OH is 1. The largest absolute Gasteiger partial charge is 0.676 e. The summed E-state index contributed by atoms with van der Waals surface area (Å²) in [5.41, 5.74) is 11.0. The van der Waals surface area contributed by atoms with Crippen molar-refractivity contribution in [2.75, 3.05) is 33.2 Å². The van der Waals surface area contributed by atoms with Gasteiger partial charge in [0.25, 0.3) is 11.5 Å². The van der Waals surface area contributed by atoms with Gasteiger partial charge in [-0.3, -0.25) is 29.4 Å². The summed E-state index contributed by atoms with van der Waals surface area (Å²) in [7, 11) is 0.815. The molecule has 7 N–H and O–H groups in total. The summed E-state index contributed by atoms with van der Waals surface area (Å²) in [4.78, 5) is 65.5. The molecule has 6 rings (SSSR count). The summed E-state index contributed by atoms with van der Waals surface area (Å²) in [5, 5.41) is 38.8. The molecule has 17 nitrogen and oxygen atoms in total. The van der Waals surface area contributed by atoms with Gasteiger partial charge in [0.2, 0.25) is 12.3 Å². The first kappa shape index (κ1) is 64.5. The maximum Gasteiger partial charge on any atom is 0.336 e. The van der Waals surface area contributed by atoms with Crippen molar-refractivity contribution in [1.29, 1.82) is 0 Å². The Hall–Kier alpha value is -3.64. The van der Waals surface area contributed by atoms with Crippen LogP contribution in [0.5, 0.6) is 5.75 Å². The number of pyridine rings is 2. The fourth-order valence-electron chi connectivity index (χ4n) is 8.87. The Labute approximate surface area is 457 Å². The van der Waals surface area contributed by atoms with E-state index in [1.165, 1.54) is 75.5 Å². The van der Waals surface area contributed by atoms with Crippen LogP contribution in [0.2, 0.25) is 0 Å². The summed E-state index contributed by atoms with van der Waals surface area (Å²) >= 11 is 0.986. The van der Waals surface area contributed by atoms with Crippen molar-refractivity contribution < 1.29 is 76.1 Å². The zero-order valence-corrected chi connectivity index (χ0v) is 48.2. The molecule has 1 aromatic carbocycles. The van der Waals surface area contributed by atoms with Crippen molar-refractivity contribution in [2.24, 2.45) is 5.41 Å². The van der Waals surface area contributed by atoms with Crippen LogP contribution in [0.1, 0.15) is 159 Å². The fourth-order valence-corrected chi connectivity index (χ4v) is 11.2. The van der Waals surface area contributed by atoms with Crippen molar-refractivity contribution in [3.05, 3.63) is 75.1 Å². The maximum absolute atomic E-state index is 13.0. The van der Waals surface area contributed by atoms with Crippen LogP contribution in [0.25, 0.3) is 28.0 Å². The monoisotopic (exact) mass is 1120 g/mol. The number of rotatable bonds is 24. The van der Waals surface area contributed by atoms with E-state index in [1.807, 2.05) is 26.8 Å². The topological polar surface area (TPSA) is 245 Å². The van der Waals surface area contributed by atoms with Gasteiger partial charge >= 0.3 is 11.9 Å². The summed E-state index contributed by atoms with van der Waals surface area (Å²) in [6, 6.07) is 7.49. The minimum absolute atomic E-state index is 0. The van der Waals surface area contributed by atoms with Crippen molar-refractivity contribution in [3.63, 3.8) is 0 Å². The second kappa shape index (κ2) is 34.8. The minimum atomic E-state index is -1.56. The number of nitrogens with one attached hydrogen (secondary N) is 4. The van der Waals surface area contributed by atoms with Crippen molar-refractivity contribution in [3.8, 4) is 17.1 Å². The van der Waals surface area contributed by atoms with Crippen LogP contribution in [0, 0.1) is 12.3 Å². The van der Waals surface area contributed by atoms with Gasteiger partial charge in [0.15, 0.2) is 5.41 Å². The molecule has 4 heterocycles. The number of carboxylic acid groups (broad SMARTS) is 1. The molecule has 2 aliphatic heterocycles. The van der Waals surface area contributed by atoms with Crippen LogP contribution < -0.4 is 21.1 Å². The van der Waals surface area contributed by atoms with E-state index >= 15 is 0 Å². The molecule has 1 aliphatic carbocycles. The molecule has 1 unspecified atom stereocenters. The number of aryl methyl sites for hydroxylation is 2. The van der Waals surface area contributed by atoms with Crippen LogP contribution in [0.15, 0.2) is 41.6 Å². The Bertz CT molecular complexity index is 2240. The van der Waals surface area contributed by atoms with E-state index in [0.717, 1.165) is 76.3 Å². The number of aliphatic carboxylic acids is 1. The van der Waals surface area contributed by atoms with E-state index in [4.69, 9.17) is 19.6 Å². The average molecular weight is 1120 g/mol. The second-order valence-electron chi connectivity index (χ2n) is 17.9. The molecule has 2 amide bonds. The zero-order valence-electron chi connectivity index (χ0n) is 43.6. The van der Waals surface area contributed by atoms with Crippen molar-refractivity contribution >= 4 is 54.2 Å². The SMILES string of the molecule is C=C(O)OCc1c(C)cc2n(c1=O)Cc1c-2nc2ccc(O)cc2c1CC.CC.CCCCCCCCCCCC(=O)NCC[NH-].CNP(NC1CCCCC1)SOC(=O)C1(C(=O)O)CCN(C=O)CC1.[Y]. The Kier molecular flexibility index (Phi) is 31.1. The Balaban J connectivity index is 0.000000371. The minimum Gasteiger partial charge on any atom is -0.676 e.